The van der Waals surface area contributed by atoms with E-state index in [0.717, 1.165) is 66.2 Å². The highest BCUT2D eigenvalue weighted by molar-refractivity contribution is 6.00. The first-order chi connectivity index (χ1) is 20.4. The molecule has 4 heterocycles. The van der Waals surface area contributed by atoms with Gasteiger partial charge in [0.25, 0.3) is 11.5 Å². The van der Waals surface area contributed by atoms with Crippen molar-refractivity contribution in [3.63, 3.8) is 0 Å². The highest BCUT2D eigenvalue weighted by Gasteiger charge is 2.33. The Balaban J connectivity index is 1.30. The Morgan fingerprint density at radius 2 is 1.69 bits per heavy atom. The molecule has 5 N–H and O–H groups in total. The lowest BCUT2D eigenvalue weighted by Gasteiger charge is -2.27. The molecule has 0 spiro atoms. The normalized spacial score (nSPS) is 20.5. The van der Waals surface area contributed by atoms with E-state index in [-0.39, 0.29) is 29.2 Å². The largest absolute Gasteiger partial charge is 0.393 e. The Morgan fingerprint density at radius 3 is 2.40 bits per heavy atom. The average Bonchev–Trinajstić information content (AvgIpc) is 3.54. The summed E-state index contributed by atoms with van der Waals surface area (Å²) in [6.45, 7) is 0.623. The molecule has 1 aliphatic carbocycles. The Bertz CT molecular complexity index is 1850. The highest BCUT2D eigenvalue weighted by atomic mass is 16.3. The fourth-order valence-corrected chi connectivity index (χ4v) is 6.94. The van der Waals surface area contributed by atoms with Crippen LogP contribution in [0.5, 0.6) is 0 Å². The van der Waals surface area contributed by atoms with Gasteiger partial charge in [-0.15, -0.1) is 0 Å². The molecule has 42 heavy (non-hydrogen) atoms. The van der Waals surface area contributed by atoms with E-state index >= 15 is 0 Å². The number of carbonyl (C=O) groups excluding carboxylic acids is 1. The number of carbonyl (C=O) groups is 1. The van der Waals surface area contributed by atoms with Gasteiger partial charge in [0.2, 0.25) is 0 Å². The molecule has 1 amide bonds. The lowest BCUT2D eigenvalue weighted by Crippen LogP contribution is -2.26. The van der Waals surface area contributed by atoms with Gasteiger partial charge in [-0.3, -0.25) is 14.3 Å². The van der Waals surface area contributed by atoms with Crippen molar-refractivity contribution in [1.29, 1.82) is 0 Å². The van der Waals surface area contributed by atoms with E-state index in [4.69, 9.17) is 11.5 Å². The van der Waals surface area contributed by atoms with Crippen LogP contribution in [0.1, 0.15) is 72.1 Å². The van der Waals surface area contributed by atoms with E-state index in [0.29, 0.717) is 23.7 Å². The third-order valence-electron chi connectivity index (χ3n) is 8.94. The SMILES string of the molecule is NC(=O)c1c2n(n(-c3ccccc3)c1=O)CCCC2c1ccc(-c2cn(C3CCC(O)CC3)c3ncnc(N)c23)cc1. The number of rotatable bonds is 5. The number of para-hydroxylation sites is 1. The van der Waals surface area contributed by atoms with E-state index in [1.165, 1.54) is 6.33 Å². The van der Waals surface area contributed by atoms with Gasteiger partial charge in [-0.1, -0.05) is 42.5 Å². The lowest BCUT2D eigenvalue weighted by atomic mass is 9.86. The number of nitrogen functional groups attached to an aromatic ring is 1. The third kappa shape index (κ3) is 4.21. The maximum Gasteiger partial charge on any atom is 0.284 e. The first-order valence-corrected chi connectivity index (χ1v) is 14.5. The molecule has 1 fully saturated rings. The van der Waals surface area contributed by atoms with E-state index in [9.17, 15) is 14.7 Å². The second-order valence-corrected chi connectivity index (χ2v) is 11.4. The second-order valence-electron chi connectivity index (χ2n) is 11.4. The van der Waals surface area contributed by atoms with Gasteiger partial charge in [-0.2, -0.15) is 0 Å². The van der Waals surface area contributed by atoms with Crippen molar-refractivity contribution in [3.05, 3.63) is 94.3 Å². The number of fused-ring (bicyclic) bond motifs is 2. The molecular weight excluding hydrogens is 530 g/mol. The van der Waals surface area contributed by atoms with Gasteiger partial charge in [0, 0.05) is 30.3 Å². The molecule has 0 radical (unpaired) electrons. The van der Waals surface area contributed by atoms with Crippen LogP contribution in [0.4, 0.5) is 5.82 Å². The zero-order valence-corrected chi connectivity index (χ0v) is 23.2. The van der Waals surface area contributed by atoms with E-state index in [1.807, 2.05) is 35.0 Å². The molecule has 3 aromatic heterocycles. The van der Waals surface area contributed by atoms with Crippen LogP contribution in [0.25, 0.3) is 27.8 Å². The fourth-order valence-electron chi connectivity index (χ4n) is 6.94. The van der Waals surface area contributed by atoms with Crippen molar-refractivity contribution in [1.82, 2.24) is 23.9 Å². The zero-order valence-electron chi connectivity index (χ0n) is 23.2. The summed E-state index contributed by atoms with van der Waals surface area (Å²) in [4.78, 5) is 35.0. The first-order valence-electron chi connectivity index (χ1n) is 14.5. The summed E-state index contributed by atoms with van der Waals surface area (Å²) in [5.74, 6) is -0.435. The molecule has 1 saturated carbocycles. The number of anilines is 1. The van der Waals surface area contributed by atoms with Crippen molar-refractivity contribution in [2.75, 3.05) is 5.73 Å². The molecule has 1 aliphatic heterocycles. The van der Waals surface area contributed by atoms with Gasteiger partial charge in [0.1, 0.15) is 23.4 Å². The van der Waals surface area contributed by atoms with Gasteiger partial charge in [0.05, 0.1) is 22.9 Å². The minimum atomic E-state index is -0.708. The topological polar surface area (TPSA) is 147 Å². The number of hydrogen-bond acceptors (Lipinski definition) is 6. The summed E-state index contributed by atoms with van der Waals surface area (Å²) in [6.07, 6.45) is 8.30. The van der Waals surface area contributed by atoms with Gasteiger partial charge in [-0.05, 0) is 61.8 Å². The van der Waals surface area contributed by atoms with Crippen LogP contribution in [0.15, 0.2) is 71.9 Å². The molecule has 1 atom stereocenters. The number of primary amides is 1. The van der Waals surface area contributed by atoms with Crippen molar-refractivity contribution >= 4 is 22.8 Å². The van der Waals surface area contributed by atoms with Crippen LogP contribution in [-0.4, -0.2) is 41.0 Å². The van der Waals surface area contributed by atoms with Crippen LogP contribution in [-0.2, 0) is 6.54 Å². The first kappa shape index (κ1) is 26.2. The number of amides is 1. The second kappa shape index (κ2) is 10.3. The maximum absolute atomic E-state index is 13.5. The standard InChI is InChI=1S/C32H33N7O3/c33-29-26-25(17-37(31(26)36-18-35-29)21-12-14-23(40)15-13-21)20-10-8-19(9-11-20)24-7-4-16-38-28(24)27(30(34)41)32(42)39(38)22-5-2-1-3-6-22/h1-3,5-6,8-11,17-18,21,23-24,40H,4,7,12-16H2,(H2,34,41)(H2,33,35,36). The number of nitrogens with two attached hydrogens (primary N) is 2. The number of aliphatic hydroxyl groups excluding tert-OH is 1. The van der Waals surface area contributed by atoms with Crippen LogP contribution in [0.3, 0.4) is 0 Å². The van der Waals surface area contributed by atoms with Crippen molar-refractivity contribution in [2.45, 2.75) is 63.1 Å². The molecule has 0 saturated heterocycles. The third-order valence-corrected chi connectivity index (χ3v) is 8.94. The molecule has 1 unspecified atom stereocenters. The number of benzene rings is 2. The number of hydrogen-bond donors (Lipinski definition) is 3. The molecule has 0 bridgehead atoms. The Hall–Kier alpha value is -4.70. The van der Waals surface area contributed by atoms with E-state index < -0.39 is 5.91 Å². The molecule has 5 aromatic rings. The Morgan fingerprint density at radius 1 is 0.952 bits per heavy atom. The van der Waals surface area contributed by atoms with Gasteiger partial charge in [0.15, 0.2) is 0 Å². The van der Waals surface area contributed by atoms with Crippen molar-refractivity contribution in [3.8, 4) is 16.8 Å². The average molecular weight is 564 g/mol. The predicted molar refractivity (Wildman–Crippen MR) is 161 cm³/mol. The summed E-state index contributed by atoms with van der Waals surface area (Å²) in [5, 5.41) is 10.8. The van der Waals surface area contributed by atoms with Crippen molar-refractivity contribution < 1.29 is 9.90 Å². The van der Waals surface area contributed by atoms with Crippen LogP contribution >= 0.6 is 0 Å². The Labute approximate surface area is 242 Å². The summed E-state index contributed by atoms with van der Waals surface area (Å²) >= 11 is 0. The minimum Gasteiger partial charge on any atom is -0.393 e. The Kier molecular flexibility index (Phi) is 6.42. The summed E-state index contributed by atoms with van der Waals surface area (Å²) < 4.78 is 5.69. The summed E-state index contributed by atoms with van der Waals surface area (Å²) in [5.41, 5.74) is 17.0. The van der Waals surface area contributed by atoms with Crippen molar-refractivity contribution in [2.24, 2.45) is 5.73 Å². The fraction of sp³-hybridized carbons (Fsp3) is 0.312. The monoisotopic (exact) mass is 563 g/mol. The molecular formula is C32H33N7O3. The lowest BCUT2D eigenvalue weighted by molar-refractivity contribution is 0.0997. The number of aliphatic hydroxyl groups is 1. The smallest absolute Gasteiger partial charge is 0.284 e. The van der Waals surface area contributed by atoms with E-state index in [1.54, 1.807) is 4.68 Å². The number of aromatic nitrogens is 5. The van der Waals surface area contributed by atoms with Gasteiger partial charge < -0.3 is 21.1 Å². The molecule has 7 rings (SSSR count). The van der Waals surface area contributed by atoms with Gasteiger partial charge in [-0.25, -0.2) is 14.6 Å². The van der Waals surface area contributed by atoms with Gasteiger partial charge >= 0.3 is 0 Å². The minimum absolute atomic E-state index is 0.0539. The van der Waals surface area contributed by atoms with Crippen LogP contribution in [0, 0.1) is 0 Å². The summed E-state index contributed by atoms with van der Waals surface area (Å²) in [6, 6.07) is 17.8. The molecule has 214 valence electrons. The maximum atomic E-state index is 13.5. The molecule has 10 heteroatoms. The van der Waals surface area contributed by atoms with E-state index in [2.05, 4.69) is 45.0 Å². The summed E-state index contributed by atoms with van der Waals surface area (Å²) in [7, 11) is 0. The molecule has 10 nitrogen and oxygen atoms in total. The van der Waals surface area contributed by atoms with Crippen LogP contribution in [0.2, 0.25) is 0 Å². The van der Waals surface area contributed by atoms with Crippen LogP contribution < -0.4 is 17.0 Å². The molecule has 2 aliphatic rings. The predicted octanol–water partition coefficient (Wildman–Crippen LogP) is 4.13. The molecule has 2 aromatic carbocycles. The highest BCUT2D eigenvalue weighted by Crippen LogP contribution is 2.40. The quantitative estimate of drug-likeness (QED) is 0.293. The zero-order chi connectivity index (χ0) is 29.0. The number of nitrogens with zero attached hydrogens (tertiary/aromatic N) is 5.